The number of hydrogen-bond acceptors (Lipinski definition) is 5. The summed E-state index contributed by atoms with van der Waals surface area (Å²) in [6.07, 6.45) is 0. The Morgan fingerprint density at radius 3 is 2.35 bits per heavy atom. The predicted octanol–water partition coefficient (Wildman–Crippen LogP) is 0.486. The zero-order chi connectivity index (χ0) is 19.2. The largest absolute Gasteiger partial charge is 0.480 e. The third kappa shape index (κ3) is 2.82. The fraction of sp³-hybridized carbons (Fsp3) is 0.412. The molecule has 1 aromatic carbocycles. The minimum atomic E-state index is -1.44. The highest BCUT2D eigenvalue weighted by molar-refractivity contribution is 8.01. The van der Waals surface area contributed by atoms with Crippen molar-refractivity contribution in [1.82, 2.24) is 10.2 Å². The van der Waals surface area contributed by atoms with Crippen molar-refractivity contribution in [2.45, 2.75) is 42.0 Å². The molecular weight excluding hydrogens is 360 g/mol. The number of carboxylic acid groups (broad SMARTS) is 2. The van der Waals surface area contributed by atoms with Crippen molar-refractivity contribution >= 4 is 35.5 Å². The van der Waals surface area contributed by atoms with Gasteiger partial charge in [-0.1, -0.05) is 30.3 Å². The van der Waals surface area contributed by atoms with E-state index < -0.39 is 51.9 Å². The van der Waals surface area contributed by atoms with Gasteiger partial charge in [0.05, 0.1) is 0 Å². The van der Waals surface area contributed by atoms with Crippen LogP contribution in [-0.4, -0.2) is 61.1 Å². The van der Waals surface area contributed by atoms with Gasteiger partial charge >= 0.3 is 11.9 Å². The zero-order valence-corrected chi connectivity index (χ0v) is 14.9. The van der Waals surface area contributed by atoms with Gasteiger partial charge in [-0.05, 0) is 19.4 Å². The van der Waals surface area contributed by atoms with Crippen LogP contribution in [0.15, 0.2) is 30.3 Å². The van der Waals surface area contributed by atoms with Gasteiger partial charge in [-0.15, -0.1) is 11.8 Å². The number of rotatable bonds is 5. The fourth-order valence-corrected chi connectivity index (χ4v) is 5.06. The van der Waals surface area contributed by atoms with Gasteiger partial charge in [0.1, 0.15) is 17.5 Å². The number of thioether (sulfide) groups is 1. The second kappa shape index (κ2) is 6.31. The number of benzene rings is 1. The maximum absolute atomic E-state index is 12.5. The molecule has 0 spiro atoms. The summed E-state index contributed by atoms with van der Waals surface area (Å²) in [5.41, 5.74) is 0.309. The molecule has 2 saturated heterocycles. The van der Waals surface area contributed by atoms with E-state index in [0.29, 0.717) is 5.56 Å². The predicted molar refractivity (Wildman–Crippen MR) is 92.5 cm³/mol. The summed E-state index contributed by atoms with van der Waals surface area (Å²) in [5, 5.41) is 20.8. The molecule has 0 aliphatic carbocycles. The second-order valence-corrected chi connectivity index (χ2v) is 8.54. The highest BCUT2D eigenvalue weighted by Gasteiger charge is 2.64. The Balaban J connectivity index is 1.78. The molecule has 3 unspecified atom stereocenters. The monoisotopic (exact) mass is 378 g/mol. The number of β-lactam (4-membered cyclic amide) rings is 1. The Morgan fingerprint density at radius 2 is 1.81 bits per heavy atom. The number of amides is 2. The van der Waals surface area contributed by atoms with Crippen molar-refractivity contribution in [3.05, 3.63) is 35.9 Å². The third-order valence-corrected chi connectivity index (χ3v) is 6.19. The molecule has 8 nitrogen and oxygen atoms in total. The highest BCUT2D eigenvalue weighted by atomic mass is 32.2. The molecule has 2 aliphatic heterocycles. The number of carbonyl (C=O) groups is 4. The average Bonchev–Trinajstić information content (AvgIpc) is 2.82. The number of nitrogens with zero attached hydrogens (tertiary/aromatic N) is 1. The van der Waals surface area contributed by atoms with Crippen LogP contribution in [0.25, 0.3) is 0 Å². The molecule has 0 aromatic heterocycles. The van der Waals surface area contributed by atoms with Crippen LogP contribution in [0, 0.1) is 0 Å². The Hall–Kier alpha value is -2.55. The second-order valence-electron chi connectivity index (χ2n) is 6.77. The van der Waals surface area contributed by atoms with E-state index >= 15 is 0 Å². The van der Waals surface area contributed by atoms with Crippen LogP contribution in [0.4, 0.5) is 0 Å². The molecule has 3 N–H and O–H groups in total. The lowest BCUT2D eigenvalue weighted by molar-refractivity contribution is -0.161. The normalized spacial score (nSPS) is 27.2. The van der Waals surface area contributed by atoms with E-state index in [4.69, 9.17) is 0 Å². The van der Waals surface area contributed by atoms with Gasteiger partial charge in [-0.3, -0.25) is 14.4 Å². The lowest BCUT2D eigenvalue weighted by Crippen LogP contribution is -2.71. The average molecular weight is 378 g/mol. The summed E-state index contributed by atoms with van der Waals surface area (Å²) in [6.45, 7) is 3.45. The van der Waals surface area contributed by atoms with Crippen molar-refractivity contribution in [3.8, 4) is 0 Å². The van der Waals surface area contributed by atoms with Crippen LogP contribution in [0.5, 0.6) is 0 Å². The summed E-state index contributed by atoms with van der Waals surface area (Å²) in [5.74, 6) is -5.16. The van der Waals surface area contributed by atoms with Crippen LogP contribution < -0.4 is 5.32 Å². The maximum Gasteiger partial charge on any atom is 0.327 e. The van der Waals surface area contributed by atoms with Gasteiger partial charge in [-0.2, -0.15) is 0 Å². The van der Waals surface area contributed by atoms with Crippen LogP contribution in [0.3, 0.4) is 0 Å². The maximum atomic E-state index is 12.5. The summed E-state index contributed by atoms with van der Waals surface area (Å²) in [4.78, 5) is 49.2. The van der Waals surface area contributed by atoms with Gasteiger partial charge in [0.15, 0.2) is 5.92 Å². The minimum Gasteiger partial charge on any atom is -0.480 e. The summed E-state index contributed by atoms with van der Waals surface area (Å²) in [6, 6.07) is 6.10. The third-order valence-electron chi connectivity index (χ3n) is 4.61. The van der Waals surface area contributed by atoms with Gasteiger partial charge in [0, 0.05) is 4.75 Å². The van der Waals surface area contributed by atoms with Gasteiger partial charge in [0.2, 0.25) is 11.8 Å². The van der Waals surface area contributed by atoms with Gasteiger partial charge in [0.25, 0.3) is 0 Å². The molecule has 2 aliphatic rings. The van der Waals surface area contributed by atoms with E-state index in [1.807, 2.05) is 0 Å². The summed E-state index contributed by atoms with van der Waals surface area (Å²) < 4.78 is -0.711. The summed E-state index contributed by atoms with van der Waals surface area (Å²) >= 11 is 1.29. The number of fused-ring (bicyclic) bond motifs is 1. The van der Waals surface area contributed by atoms with Gasteiger partial charge in [-0.25, -0.2) is 4.79 Å². The van der Waals surface area contributed by atoms with E-state index in [0.717, 1.165) is 0 Å². The molecule has 9 heteroatoms. The number of aliphatic carboxylic acids is 2. The first-order valence-electron chi connectivity index (χ1n) is 7.96. The first-order chi connectivity index (χ1) is 12.1. The molecule has 2 heterocycles. The molecule has 1 aromatic rings. The zero-order valence-electron chi connectivity index (χ0n) is 14.1. The van der Waals surface area contributed by atoms with Crippen LogP contribution in [0.1, 0.15) is 25.3 Å². The lowest BCUT2D eigenvalue weighted by Gasteiger charge is -2.43. The number of nitrogens with one attached hydrogen (secondary N) is 1. The summed E-state index contributed by atoms with van der Waals surface area (Å²) in [7, 11) is 0. The van der Waals surface area contributed by atoms with Crippen molar-refractivity contribution in [2.75, 3.05) is 0 Å². The standard InChI is InChI=1S/C17H18N2O6S/c1-17(2)11(16(24)25)19-13(21)10(14(19)26-17)18-12(20)9(15(22)23)8-6-4-3-5-7-8/h3-7,9-11,14H,1-2H3,(H,18,20)(H,22,23)(H,24,25)/t9?,10?,11?,14-/m1/s1. The lowest BCUT2D eigenvalue weighted by atomic mass is 9.94. The Bertz CT molecular complexity index is 781. The van der Waals surface area contributed by atoms with Crippen molar-refractivity contribution < 1.29 is 29.4 Å². The Labute approximate surface area is 153 Å². The Morgan fingerprint density at radius 1 is 1.19 bits per heavy atom. The fourth-order valence-electron chi connectivity index (χ4n) is 3.43. The SMILES string of the molecule is CC1(C)S[C@@H]2C(NC(=O)C(C(=O)O)c3ccccc3)C(=O)N2C1C(=O)O. The van der Waals surface area contributed by atoms with Crippen molar-refractivity contribution in [3.63, 3.8) is 0 Å². The van der Waals surface area contributed by atoms with E-state index in [2.05, 4.69) is 5.32 Å². The highest BCUT2D eigenvalue weighted by Crippen LogP contribution is 2.50. The smallest absolute Gasteiger partial charge is 0.327 e. The quantitative estimate of drug-likeness (QED) is 0.503. The van der Waals surface area contributed by atoms with E-state index in [-0.39, 0.29) is 0 Å². The van der Waals surface area contributed by atoms with Gasteiger partial charge < -0.3 is 20.4 Å². The van der Waals surface area contributed by atoms with Crippen LogP contribution in [0.2, 0.25) is 0 Å². The topological polar surface area (TPSA) is 124 Å². The van der Waals surface area contributed by atoms with E-state index in [9.17, 15) is 29.4 Å². The molecule has 138 valence electrons. The van der Waals surface area contributed by atoms with Crippen molar-refractivity contribution in [2.24, 2.45) is 0 Å². The minimum absolute atomic E-state index is 0.309. The first kappa shape index (κ1) is 18.2. The van der Waals surface area contributed by atoms with Crippen LogP contribution in [-0.2, 0) is 19.2 Å². The molecule has 2 fully saturated rings. The van der Waals surface area contributed by atoms with E-state index in [1.54, 1.807) is 32.0 Å². The number of hydrogen-bond donors (Lipinski definition) is 3. The number of carboxylic acids is 2. The Kier molecular flexibility index (Phi) is 4.43. The van der Waals surface area contributed by atoms with Crippen molar-refractivity contribution in [1.29, 1.82) is 0 Å². The number of carbonyl (C=O) groups excluding carboxylic acids is 2. The van der Waals surface area contributed by atoms with Crippen LogP contribution >= 0.6 is 11.8 Å². The molecule has 26 heavy (non-hydrogen) atoms. The molecular formula is C17H18N2O6S. The molecule has 4 atom stereocenters. The van der Waals surface area contributed by atoms with E-state index in [1.165, 1.54) is 28.8 Å². The molecule has 0 radical (unpaired) electrons. The molecule has 0 saturated carbocycles. The molecule has 3 rings (SSSR count). The molecule has 0 bridgehead atoms. The molecule has 2 amide bonds. The first-order valence-corrected chi connectivity index (χ1v) is 8.84.